The van der Waals surface area contributed by atoms with Crippen molar-refractivity contribution >= 4 is 0 Å². The fourth-order valence-corrected chi connectivity index (χ4v) is 2.63. The molecular formula is C13H23N3O. The van der Waals surface area contributed by atoms with Gasteiger partial charge in [-0.05, 0) is 39.2 Å². The molecule has 0 radical (unpaired) electrons. The summed E-state index contributed by atoms with van der Waals surface area (Å²) in [6.45, 7) is 5.93. The molecular weight excluding hydrogens is 214 g/mol. The topological polar surface area (TPSA) is 50.1 Å². The third kappa shape index (κ3) is 2.69. The lowest BCUT2D eigenvalue weighted by atomic mass is 9.99. The van der Waals surface area contributed by atoms with Gasteiger partial charge in [0.2, 0.25) is 0 Å². The molecule has 0 aliphatic heterocycles. The number of nitrogens with zero attached hydrogens (tertiary/aromatic N) is 2. The van der Waals surface area contributed by atoms with E-state index in [4.69, 9.17) is 0 Å². The van der Waals surface area contributed by atoms with Gasteiger partial charge in [-0.15, -0.1) is 0 Å². The molecule has 1 atom stereocenters. The first-order valence-electron chi connectivity index (χ1n) is 6.57. The molecule has 1 aliphatic rings. The standard InChI is InChI=1S/C13H23N3O/c1-3-15-13(2,9-17)8-16-10-14-11-6-4-5-7-12(11)16/h10,15,17H,3-9H2,1-2H3. The van der Waals surface area contributed by atoms with Gasteiger partial charge in [-0.3, -0.25) is 0 Å². The van der Waals surface area contributed by atoms with Crippen LogP contribution in [0.25, 0.3) is 0 Å². The minimum Gasteiger partial charge on any atom is -0.394 e. The van der Waals surface area contributed by atoms with Crippen LogP contribution in [-0.4, -0.2) is 33.3 Å². The van der Waals surface area contributed by atoms with E-state index in [1.807, 2.05) is 6.33 Å². The lowest BCUT2D eigenvalue weighted by Gasteiger charge is -2.30. The molecule has 0 fully saturated rings. The Balaban J connectivity index is 2.14. The Labute approximate surface area is 103 Å². The molecule has 1 aromatic rings. The van der Waals surface area contributed by atoms with Crippen LogP contribution in [0.2, 0.25) is 0 Å². The predicted molar refractivity (Wildman–Crippen MR) is 68.0 cm³/mol. The van der Waals surface area contributed by atoms with Gasteiger partial charge < -0.3 is 15.0 Å². The molecule has 0 amide bonds. The molecule has 1 heterocycles. The molecule has 1 aliphatic carbocycles. The summed E-state index contributed by atoms with van der Waals surface area (Å²) in [5, 5.41) is 12.9. The van der Waals surface area contributed by atoms with Gasteiger partial charge in [0.25, 0.3) is 0 Å². The summed E-state index contributed by atoms with van der Waals surface area (Å²) in [4.78, 5) is 4.49. The first-order valence-corrected chi connectivity index (χ1v) is 6.57. The molecule has 0 bridgehead atoms. The number of nitrogens with one attached hydrogen (secondary N) is 1. The molecule has 1 aromatic heterocycles. The monoisotopic (exact) mass is 237 g/mol. The molecule has 17 heavy (non-hydrogen) atoms. The van der Waals surface area contributed by atoms with Crippen LogP contribution in [-0.2, 0) is 19.4 Å². The Morgan fingerprint density at radius 2 is 2.24 bits per heavy atom. The maximum atomic E-state index is 9.52. The van der Waals surface area contributed by atoms with Gasteiger partial charge in [0.15, 0.2) is 0 Å². The summed E-state index contributed by atoms with van der Waals surface area (Å²) in [5.74, 6) is 0. The number of aryl methyl sites for hydroxylation is 1. The van der Waals surface area contributed by atoms with Gasteiger partial charge in [-0.2, -0.15) is 0 Å². The number of fused-ring (bicyclic) bond motifs is 1. The van der Waals surface area contributed by atoms with E-state index < -0.39 is 0 Å². The summed E-state index contributed by atoms with van der Waals surface area (Å²) < 4.78 is 2.22. The number of aliphatic hydroxyl groups excluding tert-OH is 1. The summed E-state index contributed by atoms with van der Waals surface area (Å²) in [6, 6.07) is 0. The molecule has 0 spiro atoms. The van der Waals surface area contributed by atoms with Crippen molar-refractivity contribution in [2.45, 2.75) is 51.6 Å². The second-order valence-corrected chi connectivity index (χ2v) is 5.22. The molecule has 2 rings (SSSR count). The van der Waals surface area contributed by atoms with Crippen molar-refractivity contribution in [1.82, 2.24) is 14.9 Å². The van der Waals surface area contributed by atoms with Crippen molar-refractivity contribution in [1.29, 1.82) is 0 Å². The number of likely N-dealkylation sites (N-methyl/N-ethyl adjacent to an activating group) is 1. The van der Waals surface area contributed by atoms with E-state index in [0.29, 0.717) is 0 Å². The highest BCUT2D eigenvalue weighted by atomic mass is 16.3. The van der Waals surface area contributed by atoms with E-state index in [1.165, 1.54) is 24.2 Å². The first kappa shape index (κ1) is 12.6. The van der Waals surface area contributed by atoms with Crippen LogP contribution in [0, 0.1) is 0 Å². The van der Waals surface area contributed by atoms with Crippen molar-refractivity contribution in [3.8, 4) is 0 Å². The van der Waals surface area contributed by atoms with Crippen molar-refractivity contribution in [2.75, 3.05) is 13.2 Å². The second kappa shape index (κ2) is 5.19. The zero-order chi connectivity index (χ0) is 12.3. The van der Waals surface area contributed by atoms with Gasteiger partial charge in [0.05, 0.1) is 24.2 Å². The van der Waals surface area contributed by atoms with E-state index in [2.05, 4.69) is 28.7 Å². The average molecular weight is 237 g/mol. The minimum atomic E-state index is -0.249. The van der Waals surface area contributed by atoms with E-state index in [-0.39, 0.29) is 12.1 Å². The van der Waals surface area contributed by atoms with Crippen LogP contribution in [0.5, 0.6) is 0 Å². The third-order valence-corrected chi connectivity index (χ3v) is 3.58. The zero-order valence-corrected chi connectivity index (χ0v) is 10.9. The summed E-state index contributed by atoms with van der Waals surface area (Å²) >= 11 is 0. The smallest absolute Gasteiger partial charge is 0.0952 e. The number of aliphatic hydroxyl groups is 1. The molecule has 96 valence electrons. The quantitative estimate of drug-likeness (QED) is 0.807. The largest absolute Gasteiger partial charge is 0.394 e. The zero-order valence-electron chi connectivity index (χ0n) is 10.9. The highest BCUT2D eigenvalue weighted by Gasteiger charge is 2.25. The molecule has 4 heteroatoms. The number of hydrogen-bond donors (Lipinski definition) is 2. The SMILES string of the molecule is CCNC(C)(CO)Cn1cnc2c1CCCC2. The Morgan fingerprint density at radius 3 is 2.94 bits per heavy atom. The highest BCUT2D eigenvalue weighted by molar-refractivity contribution is 5.16. The predicted octanol–water partition coefficient (Wildman–Crippen LogP) is 1.12. The van der Waals surface area contributed by atoms with Crippen LogP contribution in [0.15, 0.2) is 6.33 Å². The summed E-state index contributed by atoms with van der Waals surface area (Å²) in [7, 11) is 0. The van der Waals surface area contributed by atoms with Crippen LogP contribution in [0.3, 0.4) is 0 Å². The maximum absolute atomic E-state index is 9.52. The molecule has 2 N–H and O–H groups in total. The van der Waals surface area contributed by atoms with Gasteiger partial charge in [0, 0.05) is 12.2 Å². The van der Waals surface area contributed by atoms with Crippen LogP contribution < -0.4 is 5.32 Å². The van der Waals surface area contributed by atoms with E-state index >= 15 is 0 Å². The third-order valence-electron chi connectivity index (χ3n) is 3.58. The maximum Gasteiger partial charge on any atom is 0.0952 e. The summed E-state index contributed by atoms with van der Waals surface area (Å²) in [6.07, 6.45) is 6.69. The fraction of sp³-hybridized carbons (Fsp3) is 0.769. The molecule has 0 aromatic carbocycles. The van der Waals surface area contributed by atoms with Crippen molar-refractivity contribution in [3.63, 3.8) is 0 Å². The van der Waals surface area contributed by atoms with Crippen molar-refractivity contribution in [2.24, 2.45) is 0 Å². The second-order valence-electron chi connectivity index (χ2n) is 5.22. The Kier molecular flexibility index (Phi) is 3.84. The van der Waals surface area contributed by atoms with E-state index in [1.54, 1.807) is 0 Å². The lowest BCUT2D eigenvalue weighted by Crippen LogP contribution is -2.49. The normalized spacial score (nSPS) is 18.8. The van der Waals surface area contributed by atoms with E-state index in [0.717, 1.165) is 25.9 Å². The lowest BCUT2D eigenvalue weighted by molar-refractivity contribution is 0.158. The van der Waals surface area contributed by atoms with Crippen LogP contribution in [0.4, 0.5) is 0 Å². The van der Waals surface area contributed by atoms with Gasteiger partial charge >= 0.3 is 0 Å². The van der Waals surface area contributed by atoms with Gasteiger partial charge in [-0.25, -0.2) is 4.98 Å². The number of aromatic nitrogens is 2. The number of imidazole rings is 1. The Hall–Kier alpha value is -0.870. The van der Waals surface area contributed by atoms with Crippen molar-refractivity contribution in [3.05, 3.63) is 17.7 Å². The van der Waals surface area contributed by atoms with Gasteiger partial charge in [-0.1, -0.05) is 6.92 Å². The Morgan fingerprint density at radius 1 is 1.47 bits per heavy atom. The first-order chi connectivity index (χ1) is 8.18. The number of hydrogen-bond acceptors (Lipinski definition) is 3. The van der Waals surface area contributed by atoms with Crippen LogP contribution in [0.1, 0.15) is 38.1 Å². The molecule has 4 nitrogen and oxygen atoms in total. The van der Waals surface area contributed by atoms with E-state index in [9.17, 15) is 5.11 Å². The van der Waals surface area contributed by atoms with Crippen LogP contribution >= 0.6 is 0 Å². The molecule has 1 unspecified atom stereocenters. The highest BCUT2D eigenvalue weighted by Crippen LogP contribution is 2.21. The van der Waals surface area contributed by atoms with Crippen molar-refractivity contribution < 1.29 is 5.11 Å². The minimum absolute atomic E-state index is 0.147. The molecule has 0 saturated carbocycles. The number of rotatable bonds is 5. The van der Waals surface area contributed by atoms with Gasteiger partial charge in [0.1, 0.15) is 0 Å². The average Bonchev–Trinajstić information content (AvgIpc) is 2.73. The summed E-state index contributed by atoms with van der Waals surface area (Å²) in [5.41, 5.74) is 2.38. The molecule has 0 saturated heterocycles. The fourth-order valence-electron chi connectivity index (χ4n) is 2.63. The Bertz CT molecular complexity index is 375.